The average molecular weight is 299 g/mol. The molecule has 20 heavy (non-hydrogen) atoms. The predicted octanol–water partition coefficient (Wildman–Crippen LogP) is 1.58. The van der Waals surface area contributed by atoms with Gasteiger partial charge in [0.15, 0.2) is 15.6 Å². The summed E-state index contributed by atoms with van der Waals surface area (Å²) in [5.41, 5.74) is -0.0840. The maximum absolute atomic E-state index is 13.1. The van der Waals surface area contributed by atoms with Crippen molar-refractivity contribution in [3.63, 3.8) is 0 Å². The van der Waals surface area contributed by atoms with Crippen LogP contribution in [-0.2, 0) is 14.6 Å². The van der Waals surface area contributed by atoms with Gasteiger partial charge in [0.25, 0.3) is 0 Å². The van der Waals surface area contributed by atoms with Gasteiger partial charge in [-0.1, -0.05) is 0 Å². The highest BCUT2D eigenvalue weighted by Gasteiger charge is 2.37. The number of hydrogen-bond donors (Lipinski definition) is 0. The Kier molecular flexibility index (Phi) is 3.86. The lowest BCUT2D eigenvalue weighted by Crippen LogP contribution is -2.22. The Morgan fingerprint density at radius 2 is 1.90 bits per heavy atom. The van der Waals surface area contributed by atoms with Gasteiger partial charge in [-0.15, -0.1) is 0 Å². The molecule has 0 aliphatic carbocycles. The molecule has 0 saturated carbocycles. The van der Waals surface area contributed by atoms with Crippen molar-refractivity contribution in [3.05, 3.63) is 35.4 Å². The van der Waals surface area contributed by atoms with Crippen LogP contribution in [0.4, 0.5) is 8.78 Å². The Morgan fingerprint density at radius 1 is 1.30 bits per heavy atom. The van der Waals surface area contributed by atoms with E-state index in [4.69, 9.17) is 5.26 Å². The summed E-state index contributed by atoms with van der Waals surface area (Å²) >= 11 is 0. The van der Waals surface area contributed by atoms with E-state index in [1.54, 1.807) is 6.07 Å². The molecule has 2 rings (SSSR count). The first kappa shape index (κ1) is 14.6. The molecule has 1 saturated heterocycles. The second kappa shape index (κ2) is 5.29. The summed E-state index contributed by atoms with van der Waals surface area (Å²) in [7, 11) is -3.26. The lowest BCUT2D eigenvalue weighted by atomic mass is 9.88. The fraction of sp³-hybridized carbons (Fsp3) is 0.385. The third-order valence-electron chi connectivity index (χ3n) is 3.27. The van der Waals surface area contributed by atoms with Gasteiger partial charge in [0.2, 0.25) is 0 Å². The maximum Gasteiger partial charge on any atom is 0.158 e. The first-order valence-corrected chi connectivity index (χ1v) is 7.74. The van der Waals surface area contributed by atoms with Crippen molar-refractivity contribution in [1.29, 1.82) is 5.26 Å². The Hall–Kier alpha value is -1.81. The third-order valence-corrected chi connectivity index (χ3v) is 5.03. The summed E-state index contributed by atoms with van der Waals surface area (Å²) < 4.78 is 49.0. The van der Waals surface area contributed by atoms with E-state index in [1.807, 2.05) is 0 Å². The summed E-state index contributed by atoms with van der Waals surface area (Å²) in [5.74, 6) is -4.90. The van der Waals surface area contributed by atoms with Crippen molar-refractivity contribution >= 4 is 15.6 Å². The number of carbonyl (C=O) groups is 1. The van der Waals surface area contributed by atoms with Gasteiger partial charge in [0, 0.05) is 12.0 Å². The highest BCUT2D eigenvalue weighted by Crippen LogP contribution is 2.28. The normalized spacial score (nSPS) is 22.1. The minimum Gasteiger partial charge on any atom is -0.297 e. The minimum atomic E-state index is -3.26. The number of Topliss-reactive ketones (excluding diaryl/α,β-unsaturated/α-hetero) is 1. The van der Waals surface area contributed by atoms with Gasteiger partial charge >= 0.3 is 0 Å². The molecule has 0 N–H and O–H groups in total. The van der Waals surface area contributed by atoms with E-state index in [2.05, 4.69) is 0 Å². The molecule has 7 heteroatoms. The van der Waals surface area contributed by atoms with Crippen LogP contribution in [0.2, 0.25) is 0 Å². The first-order valence-electron chi connectivity index (χ1n) is 5.92. The number of sulfone groups is 1. The Bertz CT molecular complexity index is 674. The predicted molar refractivity (Wildman–Crippen MR) is 66.5 cm³/mol. The van der Waals surface area contributed by atoms with Crippen LogP contribution in [0.15, 0.2) is 18.2 Å². The molecule has 1 aliphatic rings. The van der Waals surface area contributed by atoms with E-state index < -0.39 is 39.1 Å². The van der Waals surface area contributed by atoms with Crippen molar-refractivity contribution in [2.45, 2.75) is 12.3 Å². The highest BCUT2D eigenvalue weighted by molar-refractivity contribution is 7.91. The van der Waals surface area contributed by atoms with E-state index >= 15 is 0 Å². The summed E-state index contributed by atoms with van der Waals surface area (Å²) in [4.78, 5) is 12.2. The fourth-order valence-electron chi connectivity index (χ4n) is 2.30. The number of nitriles is 1. The van der Waals surface area contributed by atoms with E-state index in [9.17, 15) is 22.0 Å². The van der Waals surface area contributed by atoms with Gasteiger partial charge in [-0.3, -0.25) is 4.79 Å². The zero-order valence-electron chi connectivity index (χ0n) is 10.3. The van der Waals surface area contributed by atoms with Crippen LogP contribution < -0.4 is 0 Å². The number of benzene rings is 1. The van der Waals surface area contributed by atoms with Crippen molar-refractivity contribution < 1.29 is 22.0 Å². The molecular formula is C13H11F2NO3S. The average Bonchev–Trinajstić information content (AvgIpc) is 2.69. The molecule has 0 amide bonds. The molecule has 4 nitrogen and oxygen atoms in total. The van der Waals surface area contributed by atoms with Crippen molar-refractivity contribution in [2.24, 2.45) is 5.92 Å². The summed E-state index contributed by atoms with van der Waals surface area (Å²) in [6.07, 6.45) is 0.150. The van der Waals surface area contributed by atoms with E-state index in [0.29, 0.717) is 6.07 Å². The second-order valence-electron chi connectivity index (χ2n) is 4.77. The number of nitrogens with zero attached hydrogens (tertiary/aromatic N) is 1. The van der Waals surface area contributed by atoms with Crippen molar-refractivity contribution in [2.75, 3.05) is 11.5 Å². The van der Waals surface area contributed by atoms with Crippen LogP contribution in [0, 0.1) is 28.9 Å². The number of carbonyl (C=O) groups excluding carboxylic acids is 1. The van der Waals surface area contributed by atoms with Gasteiger partial charge in [0.05, 0.1) is 17.6 Å². The second-order valence-corrected chi connectivity index (χ2v) is 7.00. The molecule has 2 unspecified atom stereocenters. The minimum absolute atomic E-state index is 0.0840. The van der Waals surface area contributed by atoms with E-state index in [1.165, 1.54) is 0 Å². The smallest absolute Gasteiger partial charge is 0.158 e. The van der Waals surface area contributed by atoms with Crippen LogP contribution in [0.1, 0.15) is 17.9 Å². The standard InChI is InChI=1S/C13H11F2NO3S/c14-10-3-9(4-11(15)5-10)12(6-16)13(17)8-1-2-20(18,19)7-8/h3-5,8,12H,1-2,7H2. The molecule has 1 fully saturated rings. The zero-order valence-corrected chi connectivity index (χ0v) is 11.2. The zero-order chi connectivity index (χ0) is 14.9. The molecule has 0 aromatic heterocycles. The van der Waals surface area contributed by atoms with Crippen LogP contribution in [-0.4, -0.2) is 25.7 Å². The molecule has 1 heterocycles. The molecule has 0 radical (unpaired) electrons. The number of rotatable bonds is 3. The molecule has 0 spiro atoms. The largest absolute Gasteiger partial charge is 0.297 e. The molecule has 0 bridgehead atoms. The maximum atomic E-state index is 13.1. The monoisotopic (exact) mass is 299 g/mol. The van der Waals surface area contributed by atoms with Gasteiger partial charge in [0.1, 0.15) is 17.6 Å². The molecular weight excluding hydrogens is 288 g/mol. The third kappa shape index (κ3) is 3.02. The van der Waals surface area contributed by atoms with Gasteiger partial charge < -0.3 is 0 Å². The summed E-state index contributed by atoms with van der Waals surface area (Å²) in [6.45, 7) is 0. The fourth-order valence-corrected chi connectivity index (χ4v) is 4.05. The van der Waals surface area contributed by atoms with Crippen LogP contribution in [0.3, 0.4) is 0 Å². The highest BCUT2D eigenvalue weighted by atomic mass is 32.2. The summed E-state index contributed by atoms with van der Waals surface area (Å²) in [5, 5.41) is 9.06. The Balaban J connectivity index is 2.29. The van der Waals surface area contributed by atoms with E-state index in [0.717, 1.165) is 12.1 Å². The molecule has 1 aliphatic heterocycles. The van der Waals surface area contributed by atoms with Gasteiger partial charge in [-0.2, -0.15) is 5.26 Å². The van der Waals surface area contributed by atoms with Gasteiger partial charge in [-0.05, 0) is 24.1 Å². The first-order chi connectivity index (χ1) is 9.32. The van der Waals surface area contributed by atoms with Crippen molar-refractivity contribution in [3.8, 4) is 6.07 Å². The Morgan fingerprint density at radius 3 is 2.35 bits per heavy atom. The molecule has 2 atom stereocenters. The lowest BCUT2D eigenvalue weighted by molar-refractivity contribution is -0.122. The summed E-state index contributed by atoms with van der Waals surface area (Å²) in [6, 6.07) is 4.17. The number of ketones is 1. The number of halogens is 2. The molecule has 1 aromatic carbocycles. The molecule has 106 valence electrons. The lowest BCUT2D eigenvalue weighted by Gasteiger charge is -2.13. The Labute approximate surface area is 114 Å². The van der Waals surface area contributed by atoms with Crippen LogP contribution in [0.5, 0.6) is 0 Å². The quantitative estimate of drug-likeness (QED) is 0.849. The van der Waals surface area contributed by atoms with Crippen LogP contribution in [0.25, 0.3) is 0 Å². The van der Waals surface area contributed by atoms with Gasteiger partial charge in [-0.25, -0.2) is 17.2 Å². The topological polar surface area (TPSA) is 75.0 Å². The SMILES string of the molecule is N#CC(C(=O)C1CCS(=O)(=O)C1)c1cc(F)cc(F)c1. The number of hydrogen-bond acceptors (Lipinski definition) is 4. The molecule has 1 aromatic rings. The van der Waals surface area contributed by atoms with Crippen molar-refractivity contribution in [1.82, 2.24) is 0 Å². The van der Waals surface area contributed by atoms with Crippen LogP contribution >= 0.6 is 0 Å². The van der Waals surface area contributed by atoms with E-state index in [-0.39, 0.29) is 23.5 Å².